The zero-order valence-electron chi connectivity index (χ0n) is 9.81. The molecule has 0 bridgehead atoms. The molecule has 0 fully saturated rings. The lowest BCUT2D eigenvalue weighted by Gasteiger charge is -2.14. The first-order chi connectivity index (χ1) is 8.24. The van der Waals surface area contributed by atoms with Crippen LogP contribution in [0.25, 0.3) is 10.6 Å². The van der Waals surface area contributed by atoms with Gasteiger partial charge in [-0.15, -0.1) is 11.3 Å². The highest BCUT2D eigenvalue weighted by atomic mass is 32.1. The van der Waals surface area contributed by atoms with Crippen LogP contribution in [0.4, 0.5) is 0 Å². The molecule has 1 atom stereocenters. The Kier molecular flexibility index (Phi) is 2.73. The Morgan fingerprint density at radius 1 is 1.41 bits per heavy atom. The van der Waals surface area contributed by atoms with Crippen molar-refractivity contribution < 1.29 is 5.11 Å². The number of thiazole rings is 1. The molecule has 3 rings (SSSR count). The third-order valence-corrected chi connectivity index (χ3v) is 4.43. The van der Waals surface area contributed by atoms with Crippen LogP contribution in [0.15, 0.2) is 24.3 Å². The number of hydrogen-bond acceptors (Lipinski definition) is 3. The molecule has 0 saturated carbocycles. The molecule has 0 amide bonds. The van der Waals surface area contributed by atoms with Crippen molar-refractivity contribution in [2.45, 2.75) is 32.3 Å². The quantitative estimate of drug-likeness (QED) is 0.834. The molecule has 0 radical (unpaired) electrons. The second kappa shape index (κ2) is 4.24. The Hall–Kier alpha value is -1.19. The molecule has 1 aromatic carbocycles. The molecule has 2 aromatic rings. The molecular weight excluding hydrogens is 230 g/mol. The standard InChI is InChI=1S/C14H15NOS/c1-9-4-2-5-10(8-9)14-15-11-6-3-7-12(16)13(11)17-14/h2,4-5,8,12,16H,3,6-7H2,1H3. The summed E-state index contributed by atoms with van der Waals surface area (Å²) in [4.78, 5) is 5.75. The van der Waals surface area contributed by atoms with E-state index in [1.807, 2.05) is 0 Å². The van der Waals surface area contributed by atoms with Crippen LogP contribution in [-0.4, -0.2) is 10.1 Å². The van der Waals surface area contributed by atoms with Gasteiger partial charge in [-0.3, -0.25) is 0 Å². The number of benzene rings is 1. The summed E-state index contributed by atoms with van der Waals surface area (Å²) in [5.74, 6) is 0. The van der Waals surface area contributed by atoms with Crippen molar-refractivity contribution in [1.82, 2.24) is 4.98 Å². The van der Waals surface area contributed by atoms with Crippen molar-refractivity contribution in [2.24, 2.45) is 0 Å². The summed E-state index contributed by atoms with van der Waals surface area (Å²) in [6.07, 6.45) is 2.64. The maximum atomic E-state index is 9.95. The topological polar surface area (TPSA) is 33.1 Å². The van der Waals surface area contributed by atoms with E-state index in [2.05, 4.69) is 36.2 Å². The highest BCUT2D eigenvalue weighted by Gasteiger charge is 2.22. The lowest BCUT2D eigenvalue weighted by molar-refractivity contribution is 0.160. The monoisotopic (exact) mass is 245 g/mol. The van der Waals surface area contributed by atoms with E-state index in [4.69, 9.17) is 0 Å². The average Bonchev–Trinajstić information content (AvgIpc) is 2.74. The number of aliphatic hydroxyl groups is 1. The van der Waals surface area contributed by atoms with E-state index in [-0.39, 0.29) is 6.10 Å². The van der Waals surface area contributed by atoms with Crippen molar-refractivity contribution in [3.63, 3.8) is 0 Å². The zero-order valence-corrected chi connectivity index (χ0v) is 10.6. The lowest BCUT2D eigenvalue weighted by Crippen LogP contribution is -2.06. The Morgan fingerprint density at radius 3 is 3.06 bits per heavy atom. The summed E-state index contributed by atoms with van der Waals surface area (Å²) >= 11 is 1.64. The van der Waals surface area contributed by atoms with Gasteiger partial charge in [0.2, 0.25) is 0 Å². The first-order valence-electron chi connectivity index (χ1n) is 5.99. The Bertz CT molecular complexity index is 547. The van der Waals surface area contributed by atoms with Crippen molar-refractivity contribution >= 4 is 11.3 Å². The van der Waals surface area contributed by atoms with Crippen LogP contribution in [0, 0.1) is 6.92 Å². The third kappa shape index (κ3) is 2.01. The molecule has 1 aliphatic rings. The second-order valence-corrected chi connectivity index (χ2v) is 5.64. The van der Waals surface area contributed by atoms with Crippen molar-refractivity contribution in [2.75, 3.05) is 0 Å². The SMILES string of the molecule is Cc1cccc(-c2nc3c(s2)C(O)CCC3)c1. The zero-order chi connectivity index (χ0) is 11.8. The van der Waals surface area contributed by atoms with Gasteiger partial charge in [0.05, 0.1) is 16.7 Å². The Balaban J connectivity index is 2.05. The van der Waals surface area contributed by atoms with E-state index in [1.165, 1.54) is 5.56 Å². The molecule has 2 nitrogen and oxygen atoms in total. The van der Waals surface area contributed by atoms with Gasteiger partial charge in [0.1, 0.15) is 5.01 Å². The lowest BCUT2D eigenvalue weighted by atomic mass is 10.0. The maximum absolute atomic E-state index is 9.95. The van der Waals surface area contributed by atoms with Gasteiger partial charge in [0.25, 0.3) is 0 Å². The van der Waals surface area contributed by atoms with Gasteiger partial charge in [-0.25, -0.2) is 4.98 Å². The van der Waals surface area contributed by atoms with E-state index in [0.717, 1.165) is 40.4 Å². The summed E-state index contributed by atoms with van der Waals surface area (Å²) in [6, 6.07) is 8.38. The molecule has 3 heteroatoms. The van der Waals surface area contributed by atoms with Crippen LogP contribution < -0.4 is 0 Å². The first kappa shape index (κ1) is 10.9. The largest absolute Gasteiger partial charge is 0.388 e. The van der Waals surface area contributed by atoms with Gasteiger partial charge in [-0.2, -0.15) is 0 Å². The van der Waals surface area contributed by atoms with Gasteiger partial charge in [0.15, 0.2) is 0 Å². The van der Waals surface area contributed by atoms with Crippen LogP contribution in [0.1, 0.15) is 35.1 Å². The highest BCUT2D eigenvalue weighted by Crippen LogP contribution is 2.37. The van der Waals surface area contributed by atoms with E-state index < -0.39 is 0 Å². The number of rotatable bonds is 1. The molecule has 17 heavy (non-hydrogen) atoms. The molecular formula is C14H15NOS. The minimum absolute atomic E-state index is 0.296. The summed E-state index contributed by atoms with van der Waals surface area (Å²) in [7, 11) is 0. The molecule has 1 aliphatic carbocycles. The number of aryl methyl sites for hydroxylation is 2. The van der Waals surface area contributed by atoms with Gasteiger partial charge >= 0.3 is 0 Å². The molecule has 1 aromatic heterocycles. The molecule has 88 valence electrons. The number of hydrogen-bond donors (Lipinski definition) is 1. The average molecular weight is 245 g/mol. The van der Waals surface area contributed by atoms with Crippen LogP contribution in [-0.2, 0) is 6.42 Å². The maximum Gasteiger partial charge on any atom is 0.123 e. The fraction of sp³-hybridized carbons (Fsp3) is 0.357. The van der Waals surface area contributed by atoms with Crippen LogP contribution in [0.5, 0.6) is 0 Å². The second-order valence-electron chi connectivity index (χ2n) is 4.61. The number of aliphatic hydroxyl groups excluding tert-OH is 1. The summed E-state index contributed by atoms with van der Waals surface area (Å²) < 4.78 is 0. The first-order valence-corrected chi connectivity index (χ1v) is 6.80. The van der Waals surface area contributed by atoms with E-state index in [1.54, 1.807) is 11.3 Å². The third-order valence-electron chi connectivity index (χ3n) is 3.19. The van der Waals surface area contributed by atoms with Crippen LogP contribution >= 0.6 is 11.3 Å². The number of aromatic nitrogens is 1. The minimum atomic E-state index is -0.296. The number of fused-ring (bicyclic) bond motifs is 1. The van der Waals surface area contributed by atoms with E-state index in [0.29, 0.717) is 0 Å². The molecule has 0 saturated heterocycles. The molecule has 0 aliphatic heterocycles. The van der Waals surface area contributed by atoms with Gasteiger partial charge in [-0.1, -0.05) is 23.8 Å². The molecule has 1 heterocycles. The fourth-order valence-electron chi connectivity index (χ4n) is 2.30. The Morgan fingerprint density at radius 2 is 2.29 bits per heavy atom. The van der Waals surface area contributed by atoms with Crippen LogP contribution in [0.3, 0.4) is 0 Å². The van der Waals surface area contributed by atoms with E-state index in [9.17, 15) is 5.11 Å². The van der Waals surface area contributed by atoms with Crippen molar-refractivity contribution in [3.8, 4) is 10.6 Å². The van der Waals surface area contributed by atoms with Crippen LogP contribution in [0.2, 0.25) is 0 Å². The fourth-order valence-corrected chi connectivity index (χ4v) is 3.43. The van der Waals surface area contributed by atoms with Gasteiger partial charge < -0.3 is 5.11 Å². The Labute approximate surface area is 105 Å². The van der Waals surface area contributed by atoms with E-state index >= 15 is 0 Å². The number of nitrogens with zero attached hydrogens (tertiary/aromatic N) is 1. The van der Waals surface area contributed by atoms with Gasteiger partial charge in [-0.05, 0) is 32.3 Å². The minimum Gasteiger partial charge on any atom is -0.388 e. The molecule has 1 N–H and O–H groups in total. The molecule has 0 spiro atoms. The summed E-state index contributed by atoms with van der Waals surface area (Å²) in [5, 5.41) is 11.0. The normalized spacial score (nSPS) is 19.1. The highest BCUT2D eigenvalue weighted by molar-refractivity contribution is 7.15. The molecule has 1 unspecified atom stereocenters. The predicted molar refractivity (Wildman–Crippen MR) is 70.2 cm³/mol. The predicted octanol–water partition coefficient (Wildman–Crippen LogP) is 3.49. The smallest absolute Gasteiger partial charge is 0.123 e. The summed E-state index contributed by atoms with van der Waals surface area (Å²) in [5.41, 5.74) is 3.51. The summed E-state index contributed by atoms with van der Waals surface area (Å²) in [6.45, 7) is 2.09. The van der Waals surface area contributed by atoms with Crippen molar-refractivity contribution in [3.05, 3.63) is 40.4 Å². The van der Waals surface area contributed by atoms with Gasteiger partial charge in [0, 0.05) is 5.56 Å². The van der Waals surface area contributed by atoms with Crippen molar-refractivity contribution in [1.29, 1.82) is 0 Å².